The third kappa shape index (κ3) is 1.38. The number of anilines is 1. The Morgan fingerprint density at radius 3 is 3.06 bits per heavy atom. The van der Waals surface area contributed by atoms with E-state index in [1.165, 1.54) is 5.56 Å². The number of benzene rings is 1. The molecule has 0 radical (unpaired) electrons. The summed E-state index contributed by atoms with van der Waals surface area (Å²) in [5, 5.41) is 3.02. The average Bonchev–Trinajstić information content (AvgIpc) is 2.98. The molecule has 2 aliphatic rings. The normalized spacial score (nSPS) is 18.0. The molecular weight excluding hydrogens is 202 g/mol. The molecule has 0 unspecified atom stereocenters. The van der Waals surface area contributed by atoms with Gasteiger partial charge in [0, 0.05) is 18.8 Å². The van der Waals surface area contributed by atoms with E-state index < -0.39 is 0 Å². The molecule has 0 bridgehead atoms. The van der Waals surface area contributed by atoms with Crippen LogP contribution in [-0.4, -0.2) is 31.4 Å². The zero-order valence-corrected chi connectivity index (χ0v) is 8.94. The van der Waals surface area contributed by atoms with Crippen LogP contribution in [0.3, 0.4) is 0 Å². The second-order valence-corrected chi connectivity index (χ2v) is 3.99. The second-order valence-electron chi connectivity index (χ2n) is 3.99. The standard InChI is InChI=1S/C12H13N3O/c16-12(11-13-6-7-14-11)15-8-5-9-3-1-2-4-10(9)15/h1-4H,5-8H2,(H,13,14). The zero-order valence-electron chi connectivity index (χ0n) is 8.94. The summed E-state index contributed by atoms with van der Waals surface area (Å²) in [5.41, 5.74) is 2.28. The summed E-state index contributed by atoms with van der Waals surface area (Å²) < 4.78 is 0. The van der Waals surface area contributed by atoms with Gasteiger partial charge in [0.25, 0.3) is 5.91 Å². The number of aliphatic imine (C=N–C) groups is 1. The van der Waals surface area contributed by atoms with Gasteiger partial charge in [0.05, 0.1) is 6.54 Å². The molecule has 82 valence electrons. The van der Waals surface area contributed by atoms with Crippen molar-refractivity contribution in [2.45, 2.75) is 6.42 Å². The van der Waals surface area contributed by atoms with Crippen LogP contribution in [0.2, 0.25) is 0 Å². The van der Waals surface area contributed by atoms with Gasteiger partial charge in [-0.05, 0) is 18.1 Å². The van der Waals surface area contributed by atoms with Gasteiger partial charge in [0.15, 0.2) is 5.84 Å². The number of hydrogen-bond donors (Lipinski definition) is 1. The molecule has 0 aromatic heterocycles. The molecule has 0 saturated heterocycles. The van der Waals surface area contributed by atoms with Crippen LogP contribution in [0, 0.1) is 0 Å². The van der Waals surface area contributed by atoms with E-state index >= 15 is 0 Å². The molecule has 1 aromatic rings. The number of amides is 1. The molecule has 0 saturated carbocycles. The topological polar surface area (TPSA) is 44.7 Å². The van der Waals surface area contributed by atoms with E-state index in [1.54, 1.807) is 0 Å². The van der Waals surface area contributed by atoms with Gasteiger partial charge < -0.3 is 10.2 Å². The van der Waals surface area contributed by atoms with E-state index in [0.717, 1.165) is 25.2 Å². The predicted octanol–water partition coefficient (Wildman–Crippen LogP) is 0.577. The molecule has 3 rings (SSSR count). The molecule has 2 heterocycles. The van der Waals surface area contributed by atoms with Crippen LogP contribution in [0.1, 0.15) is 5.56 Å². The van der Waals surface area contributed by atoms with Crippen molar-refractivity contribution < 1.29 is 4.79 Å². The minimum atomic E-state index is 0.00227. The monoisotopic (exact) mass is 215 g/mol. The number of hydrogen-bond acceptors (Lipinski definition) is 3. The van der Waals surface area contributed by atoms with Gasteiger partial charge in [-0.1, -0.05) is 18.2 Å². The Morgan fingerprint density at radius 2 is 2.25 bits per heavy atom. The summed E-state index contributed by atoms with van der Waals surface area (Å²) >= 11 is 0. The summed E-state index contributed by atoms with van der Waals surface area (Å²) in [6, 6.07) is 8.05. The number of amidine groups is 1. The minimum Gasteiger partial charge on any atom is -0.364 e. The number of nitrogens with one attached hydrogen (secondary N) is 1. The summed E-state index contributed by atoms with van der Waals surface area (Å²) in [4.78, 5) is 18.1. The van der Waals surface area contributed by atoms with Crippen LogP contribution in [0.15, 0.2) is 29.3 Å². The largest absolute Gasteiger partial charge is 0.364 e. The fourth-order valence-corrected chi connectivity index (χ4v) is 2.22. The highest BCUT2D eigenvalue weighted by Gasteiger charge is 2.28. The lowest BCUT2D eigenvalue weighted by Gasteiger charge is -2.16. The van der Waals surface area contributed by atoms with E-state index in [4.69, 9.17) is 0 Å². The maximum Gasteiger partial charge on any atom is 0.293 e. The van der Waals surface area contributed by atoms with E-state index in [1.807, 2.05) is 23.1 Å². The lowest BCUT2D eigenvalue weighted by Crippen LogP contribution is -2.40. The molecule has 4 heteroatoms. The van der Waals surface area contributed by atoms with Crippen molar-refractivity contribution in [3.63, 3.8) is 0 Å². The Hall–Kier alpha value is -1.84. The average molecular weight is 215 g/mol. The third-order valence-electron chi connectivity index (χ3n) is 3.01. The summed E-state index contributed by atoms with van der Waals surface area (Å²) in [6.45, 7) is 2.24. The van der Waals surface area contributed by atoms with Crippen molar-refractivity contribution in [2.75, 3.05) is 24.5 Å². The van der Waals surface area contributed by atoms with Crippen LogP contribution < -0.4 is 10.2 Å². The summed E-state index contributed by atoms with van der Waals surface area (Å²) in [7, 11) is 0. The van der Waals surface area contributed by atoms with Gasteiger partial charge >= 0.3 is 0 Å². The number of para-hydroxylation sites is 1. The van der Waals surface area contributed by atoms with Crippen molar-refractivity contribution in [3.8, 4) is 0 Å². The molecule has 1 N–H and O–H groups in total. The molecule has 0 atom stereocenters. The van der Waals surface area contributed by atoms with Crippen molar-refractivity contribution in [1.82, 2.24) is 5.32 Å². The van der Waals surface area contributed by atoms with Crippen molar-refractivity contribution in [3.05, 3.63) is 29.8 Å². The Bertz CT molecular complexity index is 467. The zero-order chi connectivity index (χ0) is 11.0. The van der Waals surface area contributed by atoms with Crippen molar-refractivity contribution in [2.24, 2.45) is 4.99 Å². The first-order valence-electron chi connectivity index (χ1n) is 5.54. The highest BCUT2D eigenvalue weighted by molar-refractivity contribution is 6.43. The number of fused-ring (bicyclic) bond motifs is 1. The highest BCUT2D eigenvalue weighted by Crippen LogP contribution is 2.27. The van der Waals surface area contributed by atoms with Gasteiger partial charge in [0.1, 0.15) is 0 Å². The molecule has 0 aliphatic carbocycles. The number of carbonyl (C=O) groups excluding carboxylic acids is 1. The van der Waals surface area contributed by atoms with Crippen LogP contribution >= 0.6 is 0 Å². The Balaban J connectivity index is 1.90. The third-order valence-corrected chi connectivity index (χ3v) is 3.01. The molecule has 4 nitrogen and oxygen atoms in total. The van der Waals surface area contributed by atoms with Crippen LogP contribution in [0.5, 0.6) is 0 Å². The molecule has 16 heavy (non-hydrogen) atoms. The lowest BCUT2D eigenvalue weighted by molar-refractivity contribution is -0.112. The van der Waals surface area contributed by atoms with Crippen LogP contribution in [0.25, 0.3) is 0 Å². The van der Waals surface area contributed by atoms with Gasteiger partial charge in [-0.25, -0.2) is 0 Å². The Kier molecular flexibility index (Phi) is 2.13. The van der Waals surface area contributed by atoms with Crippen molar-refractivity contribution in [1.29, 1.82) is 0 Å². The first kappa shape index (κ1) is 9.39. The summed E-state index contributed by atoms with van der Waals surface area (Å²) in [6.07, 6.45) is 0.940. The van der Waals surface area contributed by atoms with E-state index in [2.05, 4.69) is 16.4 Å². The SMILES string of the molecule is O=C(C1=NCCN1)N1CCc2ccccc21. The predicted molar refractivity (Wildman–Crippen MR) is 62.8 cm³/mol. The highest BCUT2D eigenvalue weighted by atomic mass is 16.2. The molecule has 1 aromatic carbocycles. The molecule has 1 amide bonds. The van der Waals surface area contributed by atoms with Gasteiger partial charge in [-0.2, -0.15) is 0 Å². The van der Waals surface area contributed by atoms with E-state index in [9.17, 15) is 4.79 Å². The second kappa shape index (κ2) is 3.63. The summed E-state index contributed by atoms with van der Waals surface area (Å²) in [5.74, 6) is 0.513. The molecule has 2 aliphatic heterocycles. The van der Waals surface area contributed by atoms with E-state index in [-0.39, 0.29) is 5.91 Å². The maximum absolute atomic E-state index is 12.1. The first-order chi connectivity index (χ1) is 7.86. The van der Waals surface area contributed by atoms with Crippen LogP contribution in [0.4, 0.5) is 5.69 Å². The number of rotatable bonds is 1. The van der Waals surface area contributed by atoms with Gasteiger partial charge in [0.2, 0.25) is 0 Å². The quantitative estimate of drug-likeness (QED) is 0.744. The fraction of sp³-hybridized carbons (Fsp3) is 0.333. The van der Waals surface area contributed by atoms with Crippen LogP contribution in [-0.2, 0) is 11.2 Å². The fourth-order valence-electron chi connectivity index (χ4n) is 2.22. The molecular formula is C12H13N3O. The lowest BCUT2D eigenvalue weighted by atomic mass is 10.2. The molecule has 0 fully saturated rings. The van der Waals surface area contributed by atoms with Crippen molar-refractivity contribution >= 4 is 17.4 Å². The molecule has 0 spiro atoms. The van der Waals surface area contributed by atoms with Gasteiger partial charge in [-0.3, -0.25) is 9.79 Å². The Morgan fingerprint density at radius 1 is 1.38 bits per heavy atom. The van der Waals surface area contributed by atoms with Gasteiger partial charge in [-0.15, -0.1) is 0 Å². The smallest absolute Gasteiger partial charge is 0.293 e. The number of carbonyl (C=O) groups is 1. The first-order valence-corrected chi connectivity index (χ1v) is 5.54. The number of nitrogens with zero attached hydrogens (tertiary/aromatic N) is 2. The van der Waals surface area contributed by atoms with E-state index in [0.29, 0.717) is 12.4 Å². The maximum atomic E-state index is 12.1. The minimum absolute atomic E-state index is 0.00227. The Labute approximate surface area is 94.0 Å².